The highest BCUT2D eigenvalue weighted by molar-refractivity contribution is 5.83. The van der Waals surface area contributed by atoms with Crippen LogP contribution in [0.15, 0.2) is 55.0 Å². The van der Waals surface area contributed by atoms with Crippen molar-refractivity contribution in [3.05, 3.63) is 66.4 Å². The molecule has 7 heteroatoms. The number of rotatable bonds is 7. The summed E-state index contributed by atoms with van der Waals surface area (Å²) >= 11 is 0. The maximum atomic E-state index is 13.6. The first-order chi connectivity index (χ1) is 14.1. The zero-order valence-electron chi connectivity index (χ0n) is 16.3. The molecule has 0 aliphatic rings. The van der Waals surface area contributed by atoms with Crippen LogP contribution < -0.4 is 10.1 Å². The maximum Gasteiger partial charge on any atom is 0.226 e. The van der Waals surface area contributed by atoms with E-state index in [9.17, 15) is 4.39 Å². The summed E-state index contributed by atoms with van der Waals surface area (Å²) in [7, 11) is 0. The van der Waals surface area contributed by atoms with Crippen LogP contribution in [0, 0.1) is 5.82 Å². The van der Waals surface area contributed by atoms with Gasteiger partial charge in [0, 0.05) is 41.5 Å². The van der Waals surface area contributed by atoms with Gasteiger partial charge in [-0.15, -0.1) is 0 Å². The van der Waals surface area contributed by atoms with E-state index < -0.39 is 5.82 Å². The smallest absolute Gasteiger partial charge is 0.226 e. The number of nitrogens with zero attached hydrogens (tertiary/aromatic N) is 3. The summed E-state index contributed by atoms with van der Waals surface area (Å²) in [4.78, 5) is 16.1. The molecule has 29 heavy (non-hydrogen) atoms. The molecule has 0 aliphatic carbocycles. The highest BCUT2D eigenvalue weighted by atomic mass is 19.1. The molecule has 0 radical (unpaired) electrons. The van der Waals surface area contributed by atoms with Gasteiger partial charge in [0.15, 0.2) is 0 Å². The van der Waals surface area contributed by atoms with Crippen molar-refractivity contribution in [3.8, 4) is 17.1 Å². The first-order valence-electron chi connectivity index (χ1n) is 9.54. The minimum atomic E-state index is -0.415. The number of ether oxygens (including phenoxy) is 1. The number of hydrogen-bond donors (Lipinski definition) is 2. The third-order valence-corrected chi connectivity index (χ3v) is 4.41. The van der Waals surface area contributed by atoms with Crippen molar-refractivity contribution in [1.82, 2.24) is 19.9 Å². The molecule has 4 aromatic rings. The molecule has 3 aromatic heterocycles. The Hall–Kier alpha value is -3.48. The topological polar surface area (TPSA) is 75.7 Å². The largest absolute Gasteiger partial charge is 0.475 e. The zero-order valence-corrected chi connectivity index (χ0v) is 16.3. The minimum absolute atomic E-state index is 0.0394. The Morgan fingerprint density at radius 1 is 1.14 bits per heavy atom. The highest BCUT2D eigenvalue weighted by Gasteiger charge is 2.11. The standard InChI is InChI=1S/C22H22FN5O/c1-14(2)29-21-10-20(16-9-17(23)13-24-11-16)27-22(28-21)25-8-7-15-12-26-19-6-4-3-5-18(15)19/h3-6,9-14,26H,7-8H2,1-2H3,(H,25,27,28). The van der Waals surface area contributed by atoms with Crippen molar-refractivity contribution in [2.24, 2.45) is 0 Å². The Balaban J connectivity index is 1.54. The molecule has 0 bridgehead atoms. The highest BCUT2D eigenvalue weighted by Crippen LogP contribution is 2.24. The molecule has 4 rings (SSSR count). The molecule has 0 saturated carbocycles. The Labute approximate surface area is 168 Å². The summed E-state index contributed by atoms with van der Waals surface area (Å²) in [5, 5.41) is 4.46. The van der Waals surface area contributed by atoms with Crippen LogP contribution in [0.1, 0.15) is 19.4 Å². The molecule has 3 heterocycles. The van der Waals surface area contributed by atoms with Crippen molar-refractivity contribution < 1.29 is 9.13 Å². The quantitative estimate of drug-likeness (QED) is 0.481. The monoisotopic (exact) mass is 391 g/mol. The van der Waals surface area contributed by atoms with Gasteiger partial charge < -0.3 is 15.0 Å². The lowest BCUT2D eigenvalue weighted by Gasteiger charge is -2.12. The second-order valence-corrected chi connectivity index (χ2v) is 7.01. The van der Waals surface area contributed by atoms with Crippen LogP contribution in [0.2, 0.25) is 0 Å². The van der Waals surface area contributed by atoms with E-state index in [4.69, 9.17) is 4.74 Å². The lowest BCUT2D eigenvalue weighted by Crippen LogP contribution is -2.12. The first kappa shape index (κ1) is 18.9. The van der Waals surface area contributed by atoms with E-state index in [1.165, 1.54) is 17.0 Å². The van der Waals surface area contributed by atoms with Gasteiger partial charge in [0.1, 0.15) is 5.82 Å². The van der Waals surface area contributed by atoms with Crippen LogP contribution in [-0.4, -0.2) is 32.6 Å². The second kappa shape index (κ2) is 8.26. The summed E-state index contributed by atoms with van der Waals surface area (Å²) in [6.45, 7) is 4.50. The molecule has 1 aromatic carbocycles. The van der Waals surface area contributed by atoms with Crippen molar-refractivity contribution >= 4 is 16.9 Å². The van der Waals surface area contributed by atoms with Crippen molar-refractivity contribution in [3.63, 3.8) is 0 Å². The molecule has 0 atom stereocenters. The number of hydrogen-bond acceptors (Lipinski definition) is 5. The van der Waals surface area contributed by atoms with Crippen molar-refractivity contribution in [1.29, 1.82) is 0 Å². The summed E-state index contributed by atoms with van der Waals surface area (Å²) in [6.07, 6.45) is 5.52. The number of fused-ring (bicyclic) bond motifs is 1. The fourth-order valence-electron chi connectivity index (χ4n) is 3.15. The molecular weight excluding hydrogens is 369 g/mol. The average molecular weight is 391 g/mol. The molecule has 0 aliphatic heterocycles. The average Bonchev–Trinajstić information content (AvgIpc) is 3.11. The summed E-state index contributed by atoms with van der Waals surface area (Å²) in [6, 6.07) is 11.3. The Morgan fingerprint density at radius 2 is 2.00 bits per heavy atom. The summed E-state index contributed by atoms with van der Waals surface area (Å²) in [5.41, 5.74) is 3.46. The third-order valence-electron chi connectivity index (χ3n) is 4.41. The van der Waals surface area contributed by atoms with Gasteiger partial charge in [-0.2, -0.15) is 4.98 Å². The number of aromatic nitrogens is 4. The zero-order chi connectivity index (χ0) is 20.2. The van der Waals surface area contributed by atoms with E-state index in [2.05, 4.69) is 37.4 Å². The van der Waals surface area contributed by atoms with E-state index >= 15 is 0 Å². The van der Waals surface area contributed by atoms with Crippen LogP contribution in [0.25, 0.3) is 22.2 Å². The SMILES string of the molecule is CC(C)Oc1cc(-c2cncc(F)c2)nc(NCCc2c[nH]c3ccccc23)n1. The number of aromatic amines is 1. The minimum Gasteiger partial charge on any atom is -0.475 e. The Morgan fingerprint density at radius 3 is 2.83 bits per heavy atom. The van der Waals surface area contributed by atoms with Crippen LogP contribution in [0.5, 0.6) is 5.88 Å². The number of para-hydroxylation sites is 1. The van der Waals surface area contributed by atoms with Crippen LogP contribution in [0.3, 0.4) is 0 Å². The van der Waals surface area contributed by atoms with Crippen molar-refractivity contribution in [2.75, 3.05) is 11.9 Å². The molecule has 0 fully saturated rings. The Kier molecular flexibility index (Phi) is 5.37. The van der Waals surface area contributed by atoms with Gasteiger partial charge in [-0.25, -0.2) is 9.37 Å². The van der Waals surface area contributed by atoms with Gasteiger partial charge in [-0.1, -0.05) is 18.2 Å². The van der Waals surface area contributed by atoms with Crippen molar-refractivity contribution in [2.45, 2.75) is 26.4 Å². The van der Waals surface area contributed by atoms with Crippen LogP contribution in [-0.2, 0) is 6.42 Å². The maximum absolute atomic E-state index is 13.6. The molecule has 148 valence electrons. The third kappa shape index (κ3) is 4.51. The number of benzene rings is 1. The number of nitrogens with one attached hydrogen (secondary N) is 2. The van der Waals surface area contributed by atoms with E-state index in [1.54, 1.807) is 12.3 Å². The van der Waals surface area contributed by atoms with E-state index in [0.29, 0.717) is 29.6 Å². The van der Waals surface area contributed by atoms with Gasteiger partial charge in [-0.05, 0) is 38.0 Å². The summed E-state index contributed by atoms with van der Waals surface area (Å²) < 4.78 is 19.3. The van der Waals surface area contributed by atoms with Gasteiger partial charge >= 0.3 is 0 Å². The van der Waals surface area contributed by atoms with Gasteiger partial charge in [-0.3, -0.25) is 4.98 Å². The molecule has 0 amide bonds. The van der Waals surface area contributed by atoms with Crippen LogP contribution >= 0.6 is 0 Å². The van der Waals surface area contributed by atoms with Crippen LogP contribution in [0.4, 0.5) is 10.3 Å². The fourth-order valence-corrected chi connectivity index (χ4v) is 3.15. The number of anilines is 1. The van der Waals surface area contributed by atoms with E-state index in [-0.39, 0.29) is 6.10 Å². The van der Waals surface area contributed by atoms with Gasteiger partial charge in [0.2, 0.25) is 11.8 Å². The Bertz CT molecular complexity index is 1130. The van der Waals surface area contributed by atoms with Gasteiger partial charge in [0.25, 0.3) is 0 Å². The number of halogens is 1. The second-order valence-electron chi connectivity index (χ2n) is 7.01. The number of H-pyrrole nitrogens is 1. The first-order valence-corrected chi connectivity index (χ1v) is 9.54. The molecule has 0 unspecified atom stereocenters. The molecule has 2 N–H and O–H groups in total. The summed E-state index contributed by atoms with van der Waals surface area (Å²) in [5.74, 6) is 0.451. The number of pyridine rings is 1. The molecule has 0 saturated heterocycles. The molecule has 6 nitrogen and oxygen atoms in total. The fraction of sp³-hybridized carbons (Fsp3) is 0.227. The molecule has 0 spiro atoms. The molecular formula is C22H22FN5O. The van der Waals surface area contributed by atoms with Gasteiger partial charge in [0.05, 0.1) is 18.0 Å². The van der Waals surface area contributed by atoms with E-state index in [1.807, 2.05) is 32.2 Å². The lowest BCUT2D eigenvalue weighted by molar-refractivity contribution is 0.232. The lowest BCUT2D eigenvalue weighted by atomic mass is 10.1. The predicted octanol–water partition coefficient (Wildman–Crippen LogP) is 4.60. The predicted molar refractivity (Wildman–Crippen MR) is 111 cm³/mol. The van der Waals surface area contributed by atoms with E-state index in [0.717, 1.165) is 18.1 Å². The normalized spacial score (nSPS) is 11.2.